The summed E-state index contributed by atoms with van der Waals surface area (Å²) in [5.41, 5.74) is 2.08. The second-order valence-electron chi connectivity index (χ2n) is 4.85. The van der Waals surface area contributed by atoms with E-state index in [0.717, 1.165) is 16.7 Å². The van der Waals surface area contributed by atoms with Crippen LogP contribution in [0.4, 0.5) is 0 Å². The number of nitrogens with zero attached hydrogens (tertiary/aromatic N) is 3. The molecule has 0 atom stereocenters. The maximum atomic E-state index is 8.69. The molecule has 0 aliphatic heterocycles. The summed E-state index contributed by atoms with van der Waals surface area (Å²) in [6, 6.07) is 12.4. The topological polar surface area (TPSA) is 64.0 Å². The highest BCUT2D eigenvalue weighted by atomic mass is 16.3. The zero-order valence-corrected chi connectivity index (χ0v) is 11.6. The number of nitriles is 2. The smallest absolute Gasteiger partial charge is 0.134 e. The molecule has 0 radical (unpaired) electrons. The molecule has 0 aliphatic carbocycles. The Balaban J connectivity index is 2.11. The third-order valence-corrected chi connectivity index (χ3v) is 3.18. The molecule has 0 N–H and O–H groups in total. The maximum absolute atomic E-state index is 8.69. The van der Waals surface area contributed by atoms with E-state index >= 15 is 0 Å². The Morgan fingerprint density at radius 2 is 1.80 bits per heavy atom. The van der Waals surface area contributed by atoms with Gasteiger partial charge in [-0.05, 0) is 25.1 Å². The first-order valence-corrected chi connectivity index (χ1v) is 6.68. The maximum Gasteiger partial charge on any atom is 0.134 e. The Hall–Kier alpha value is -2.30. The molecule has 20 heavy (non-hydrogen) atoms. The van der Waals surface area contributed by atoms with Crippen molar-refractivity contribution in [3.63, 3.8) is 0 Å². The van der Waals surface area contributed by atoms with Crippen LogP contribution in [0.3, 0.4) is 0 Å². The lowest BCUT2D eigenvalue weighted by atomic mass is 10.2. The number of rotatable bonds is 6. The molecule has 102 valence electrons. The number of fused-ring (bicyclic) bond motifs is 1. The fraction of sp³-hybridized carbons (Fsp3) is 0.375. The third kappa shape index (κ3) is 3.60. The Morgan fingerprint density at radius 1 is 1.10 bits per heavy atom. The second kappa shape index (κ2) is 6.75. The summed E-state index contributed by atoms with van der Waals surface area (Å²) in [6.45, 7) is 4.01. The van der Waals surface area contributed by atoms with Crippen molar-refractivity contribution in [1.29, 1.82) is 10.5 Å². The molecule has 0 amide bonds. The SMILES string of the molecule is Cc1ccc2oc(CN(CCC#N)CCC#N)cc2c1. The van der Waals surface area contributed by atoms with Crippen molar-refractivity contribution in [3.8, 4) is 12.1 Å². The van der Waals surface area contributed by atoms with Gasteiger partial charge in [-0.15, -0.1) is 0 Å². The average Bonchev–Trinajstić information content (AvgIpc) is 2.83. The second-order valence-corrected chi connectivity index (χ2v) is 4.85. The highest BCUT2D eigenvalue weighted by Gasteiger charge is 2.10. The van der Waals surface area contributed by atoms with E-state index in [9.17, 15) is 0 Å². The van der Waals surface area contributed by atoms with Crippen LogP contribution in [0, 0.1) is 29.6 Å². The number of benzene rings is 1. The summed E-state index contributed by atoms with van der Waals surface area (Å²) < 4.78 is 5.81. The highest BCUT2D eigenvalue weighted by molar-refractivity contribution is 5.78. The van der Waals surface area contributed by atoms with Crippen LogP contribution in [-0.4, -0.2) is 18.0 Å². The molecule has 0 bridgehead atoms. The van der Waals surface area contributed by atoms with Gasteiger partial charge in [-0.25, -0.2) is 0 Å². The molecule has 2 rings (SSSR count). The Bertz CT molecular complexity index is 642. The van der Waals surface area contributed by atoms with Crippen LogP contribution in [0.5, 0.6) is 0 Å². The van der Waals surface area contributed by atoms with Gasteiger partial charge in [0.05, 0.1) is 18.7 Å². The minimum atomic E-state index is 0.463. The molecular formula is C16H17N3O. The molecule has 1 aromatic carbocycles. The number of furan rings is 1. The standard InChI is InChI=1S/C16H17N3O/c1-13-4-5-16-14(10-13)11-15(20-16)12-19(8-2-6-17)9-3-7-18/h4-5,10-11H,2-3,8-9,12H2,1H3. The van der Waals surface area contributed by atoms with Crippen molar-refractivity contribution in [2.24, 2.45) is 0 Å². The molecule has 1 aromatic heterocycles. The summed E-state index contributed by atoms with van der Waals surface area (Å²) >= 11 is 0. The zero-order valence-electron chi connectivity index (χ0n) is 11.6. The van der Waals surface area contributed by atoms with E-state index in [1.165, 1.54) is 5.56 Å². The van der Waals surface area contributed by atoms with Crippen molar-refractivity contribution in [1.82, 2.24) is 4.90 Å². The van der Waals surface area contributed by atoms with Crippen LogP contribution in [0.25, 0.3) is 11.0 Å². The quantitative estimate of drug-likeness (QED) is 0.805. The van der Waals surface area contributed by atoms with Gasteiger partial charge in [-0.3, -0.25) is 4.90 Å². The lowest BCUT2D eigenvalue weighted by Crippen LogP contribution is -2.25. The van der Waals surface area contributed by atoms with Gasteiger partial charge in [0.25, 0.3) is 0 Å². The first-order chi connectivity index (χ1) is 9.72. The molecule has 0 fully saturated rings. The molecule has 0 saturated carbocycles. The van der Waals surface area contributed by atoms with Crippen molar-refractivity contribution >= 4 is 11.0 Å². The van der Waals surface area contributed by atoms with Gasteiger partial charge in [0, 0.05) is 31.3 Å². The fourth-order valence-corrected chi connectivity index (χ4v) is 2.20. The van der Waals surface area contributed by atoms with E-state index in [2.05, 4.69) is 30.0 Å². The Kier molecular flexibility index (Phi) is 4.76. The normalized spacial score (nSPS) is 10.6. The summed E-state index contributed by atoms with van der Waals surface area (Å²) in [6.07, 6.45) is 0.926. The minimum absolute atomic E-state index is 0.463. The molecule has 0 unspecified atom stereocenters. The monoisotopic (exact) mass is 267 g/mol. The van der Waals surface area contributed by atoms with Gasteiger partial charge in [0.15, 0.2) is 0 Å². The van der Waals surface area contributed by atoms with E-state index < -0.39 is 0 Å². The van der Waals surface area contributed by atoms with Crippen LogP contribution in [0.2, 0.25) is 0 Å². The summed E-state index contributed by atoms with van der Waals surface area (Å²) in [4.78, 5) is 2.08. The van der Waals surface area contributed by atoms with Gasteiger partial charge in [0.2, 0.25) is 0 Å². The van der Waals surface area contributed by atoms with E-state index in [0.29, 0.717) is 32.5 Å². The highest BCUT2D eigenvalue weighted by Crippen LogP contribution is 2.21. The summed E-state index contributed by atoms with van der Waals surface area (Å²) in [7, 11) is 0. The summed E-state index contributed by atoms with van der Waals surface area (Å²) in [5.74, 6) is 0.876. The van der Waals surface area contributed by atoms with Gasteiger partial charge in [-0.1, -0.05) is 11.6 Å². The van der Waals surface area contributed by atoms with E-state index in [1.807, 2.05) is 18.2 Å². The van der Waals surface area contributed by atoms with Crippen LogP contribution in [0.1, 0.15) is 24.2 Å². The molecule has 0 saturated heterocycles. The molecule has 2 aromatic rings. The van der Waals surface area contributed by atoms with Gasteiger partial charge in [0.1, 0.15) is 11.3 Å². The predicted octanol–water partition coefficient (Wildman–Crippen LogP) is 3.37. The first-order valence-electron chi connectivity index (χ1n) is 6.68. The van der Waals surface area contributed by atoms with Gasteiger partial charge in [-0.2, -0.15) is 10.5 Å². The zero-order chi connectivity index (χ0) is 14.4. The van der Waals surface area contributed by atoms with Gasteiger partial charge < -0.3 is 4.42 Å². The van der Waals surface area contributed by atoms with Crippen molar-refractivity contribution in [2.45, 2.75) is 26.3 Å². The van der Waals surface area contributed by atoms with Crippen molar-refractivity contribution in [3.05, 3.63) is 35.6 Å². The lowest BCUT2D eigenvalue weighted by Gasteiger charge is -2.17. The van der Waals surface area contributed by atoms with E-state index in [-0.39, 0.29) is 0 Å². The molecular weight excluding hydrogens is 250 g/mol. The van der Waals surface area contributed by atoms with Crippen LogP contribution in [-0.2, 0) is 6.54 Å². The van der Waals surface area contributed by atoms with Crippen molar-refractivity contribution < 1.29 is 4.42 Å². The van der Waals surface area contributed by atoms with Crippen LogP contribution < -0.4 is 0 Å². The van der Waals surface area contributed by atoms with E-state index in [1.54, 1.807) is 0 Å². The molecule has 0 spiro atoms. The fourth-order valence-electron chi connectivity index (χ4n) is 2.20. The predicted molar refractivity (Wildman–Crippen MR) is 76.7 cm³/mol. The largest absolute Gasteiger partial charge is 0.460 e. The number of hydrogen-bond acceptors (Lipinski definition) is 4. The molecule has 4 heteroatoms. The molecule has 4 nitrogen and oxygen atoms in total. The number of aryl methyl sites for hydroxylation is 1. The lowest BCUT2D eigenvalue weighted by molar-refractivity contribution is 0.257. The number of hydrogen-bond donors (Lipinski definition) is 0. The molecule has 0 aliphatic rings. The minimum Gasteiger partial charge on any atom is -0.460 e. The first kappa shape index (κ1) is 14.1. The summed E-state index contributed by atoms with van der Waals surface area (Å²) in [5, 5.41) is 18.5. The third-order valence-electron chi connectivity index (χ3n) is 3.18. The van der Waals surface area contributed by atoms with Crippen LogP contribution >= 0.6 is 0 Å². The van der Waals surface area contributed by atoms with E-state index in [4.69, 9.17) is 14.9 Å². The Labute approximate surface area is 118 Å². The molecule has 1 heterocycles. The van der Waals surface area contributed by atoms with Crippen LogP contribution in [0.15, 0.2) is 28.7 Å². The van der Waals surface area contributed by atoms with Gasteiger partial charge >= 0.3 is 0 Å². The average molecular weight is 267 g/mol. The van der Waals surface area contributed by atoms with Crippen molar-refractivity contribution in [2.75, 3.05) is 13.1 Å². The Morgan fingerprint density at radius 3 is 2.45 bits per heavy atom.